The van der Waals surface area contributed by atoms with Crippen LogP contribution in [0.4, 0.5) is 0 Å². The fraction of sp³-hybridized carbons (Fsp3) is 0.364. The molecule has 1 aromatic carbocycles. The molecule has 1 aromatic rings. The topological polar surface area (TPSA) is 26.3 Å². The summed E-state index contributed by atoms with van der Waals surface area (Å²) in [6.45, 7) is 3.71. The molecule has 0 aromatic heterocycles. The van der Waals surface area contributed by atoms with Gasteiger partial charge in [0.25, 0.3) is 0 Å². The van der Waals surface area contributed by atoms with Crippen molar-refractivity contribution in [1.29, 1.82) is 0 Å². The van der Waals surface area contributed by atoms with Crippen molar-refractivity contribution in [2.45, 2.75) is 26.1 Å². The number of benzene rings is 1. The zero-order valence-corrected chi connectivity index (χ0v) is 9.10. The van der Waals surface area contributed by atoms with Crippen LogP contribution in [0.25, 0.3) is 0 Å². The van der Waals surface area contributed by atoms with Crippen molar-refractivity contribution in [3.05, 3.63) is 29.3 Å². The van der Waals surface area contributed by atoms with Gasteiger partial charge in [-0.2, -0.15) is 0 Å². The first kappa shape index (κ1) is 11.1. The summed E-state index contributed by atoms with van der Waals surface area (Å²) >= 11 is 5.72. The molecule has 0 fully saturated rings. The Balaban J connectivity index is 2.93. The van der Waals surface area contributed by atoms with Crippen molar-refractivity contribution in [3.63, 3.8) is 0 Å². The van der Waals surface area contributed by atoms with Gasteiger partial charge in [-0.3, -0.25) is 4.79 Å². The normalized spacial score (nSPS) is 9.93. The Morgan fingerprint density at radius 3 is 2.79 bits per heavy atom. The van der Waals surface area contributed by atoms with Gasteiger partial charge in [0, 0.05) is 12.0 Å². The highest BCUT2D eigenvalue weighted by Gasteiger charge is 2.06. The van der Waals surface area contributed by atoms with Crippen molar-refractivity contribution >= 4 is 17.6 Å². The molecule has 0 atom stereocenters. The molecule has 2 nitrogen and oxygen atoms in total. The number of esters is 1. The highest BCUT2D eigenvalue weighted by Crippen LogP contribution is 2.22. The number of hydrogen-bond donors (Lipinski definition) is 0. The lowest BCUT2D eigenvalue weighted by Crippen LogP contribution is -2.07. The number of ether oxygens (including phenoxy) is 1. The van der Waals surface area contributed by atoms with Crippen LogP contribution in [0.5, 0.6) is 5.75 Å². The van der Waals surface area contributed by atoms with Crippen molar-refractivity contribution in [2.75, 3.05) is 0 Å². The fourth-order valence-electron chi connectivity index (χ4n) is 1.06. The first-order chi connectivity index (χ1) is 6.67. The third kappa shape index (κ3) is 2.74. The van der Waals surface area contributed by atoms with E-state index < -0.39 is 0 Å². The second-order valence-corrected chi connectivity index (χ2v) is 3.34. The Kier molecular flexibility index (Phi) is 3.96. The van der Waals surface area contributed by atoms with Gasteiger partial charge in [-0.25, -0.2) is 0 Å². The molecule has 0 saturated heterocycles. The number of alkyl halides is 1. The zero-order valence-electron chi connectivity index (χ0n) is 8.34. The average Bonchev–Trinajstić information content (AvgIpc) is 2.18. The van der Waals surface area contributed by atoms with Gasteiger partial charge < -0.3 is 4.74 Å². The molecule has 0 radical (unpaired) electrons. The first-order valence-corrected chi connectivity index (χ1v) is 5.07. The summed E-state index contributed by atoms with van der Waals surface area (Å²) < 4.78 is 5.14. The maximum atomic E-state index is 11.1. The summed E-state index contributed by atoms with van der Waals surface area (Å²) in [6, 6.07) is 5.65. The predicted molar refractivity (Wildman–Crippen MR) is 56.7 cm³/mol. The van der Waals surface area contributed by atoms with Crippen LogP contribution >= 0.6 is 11.6 Å². The maximum absolute atomic E-state index is 11.1. The minimum atomic E-state index is -0.234. The highest BCUT2D eigenvalue weighted by atomic mass is 35.5. The van der Waals surface area contributed by atoms with Crippen molar-refractivity contribution in [1.82, 2.24) is 0 Å². The molecule has 0 unspecified atom stereocenters. The maximum Gasteiger partial charge on any atom is 0.310 e. The third-order valence-electron chi connectivity index (χ3n) is 1.88. The minimum absolute atomic E-state index is 0.234. The van der Waals surface area contributed by atoms with Gasteiger partial charge in [0.2, 0.25) is 0 Å². The number of aryl methyl sites for hydroxylation is 1. The lowest BCUT2D eigenvalue weighted by molar-refractivity contribution is -0.134. The lowest BCUT2D eigenvalue weighted by atomic mass is 10.1. The van der Waals surface area contributed by atoms with E-state index in [1.807, 2.05) is 25.1 Å². The van der Waals surface area contributed by atoms with Crippen molar-refractivity contribution in [3.8, 4) is 5.75 Å². The van der Waals surface area contributed by atoms with Crippen LogP contribution in [0.15, 0.2) is 18.2 Å². The van der Waals surface area contributed by atoms with E-state index in [4.69, 9.17) is 16.3 Å². The summed E-state index contributed by atoms with van der Waals surface area (Å²) in [5.41, 5.74) is 1.90. The number of carbonyl (C=O) groups excluding carboxylic acids is 1. The monoisotopic (exact) mass is 212 g/mol. The smallest absolute Gasteiger partial charge is 0.310 e. The largest absolute Gasteiger partial charge is 0.426 e. The van der Waals surface area contributed by atoms with Crippen LogP contribution in [-0.2, 0) is 10.7 Å². The van der Waals surface area contributed by atoms with Crippen LogP contribution in [0.2, 0.25) is 0 Å². The van der Waals surface area contributed by atoms with E-state index in [0.29, 0.717) is 18.1 Å². The van der Waals surface area contributed by atoms with Crippen LogP contribution < -0.4 is 4.74 Å². The predicted octanol–water partition coefficient (Wildman–Crippen LogP) is 3.05. The summed E-state index contributed by atoms with van der Waals surface area (Å²) in [4.78, 5) is 11.1. The molecule has 0 aliphatic heterocycles. The van der Waals surface area contributed by atoms with E-state index in [9.17, 15) is 4.79 Å². The molecule has 0 saturated carbocycles. The molecule has 14 heavy (non-hydrogen) atoms. The minimum Gasteiger partial charge on any atom is -0.426 e. The molecule has 1 rings (SSSR count). The number of rotatable bonds is 3. The molecular formula is C11H13ClO2. The number of carbonyl (C=O) groups is 1. The lowest BCUT2D eigenvalue weighted by Gasteiger charge is -2.08. The molecule has 0 amide bonds. The van der Waals surface area contributed by atoms with E-state index in [2.05, 4.69) is 0 Å². The van der Waals surface area contributed by atoms with Gasteiger partial charge in [-0.05, 0) is 18.6 Å². The average molecular weight is 213 g/mol. The summed E-state index contributed by atoms with van der Waals surface area (Å²) in [5.74, 6) is 0.695. The van der Waals surface area contributed by atoms with E-state index >= 15 is 0 Å². The van der Waals surface area contributed by atoms with E-state index in [0.717, 1.165) is 11.1 Å². The summed E-state index contributed by atoms with van der Waals surface area (Å²) in [5, 5.41) is 0. The fourth-order valence-corrected chi connectivity index (χ4v) is 1.28. The SMILES string of the molecule is CCC(=O)Oc1cc(C)ccc1CCl. The summed E-state index contributed by atoms with van der Waals surface area (Å²) in [6.07, 6.45) is 0.371. The number of hydrogen-bond acceptors (Lipinski definition) is 2. The van der Waals surface area contributed by atoms with E-state index in [-0.39, 0.29) is 5.97 Å². The third-order valence-corrected chi connectivity index (χ3v) is 2.17. The molecule has 0 heterocycles. The van der Waals surface area contributed by atoms with Gasteiger partial charge in [-0.1, -0.05) is 19.1 Å². The van der Waals surface area contributed by atoms with E-state index in [1.165, 1.54) is 0 Å². The standard InChI is InChI=1S/C11H13ClO2/c1-3-11(13)14-10-6-8(2)4-5-9(10)7-12/h4-6H,3,7H2,1-2H3. The second kappa shape index (κ2) is 5.01. The van der Waals surface area contributed by atoms with E-state index in [1.54, 1.807) is 6.92 Å². The zero-order chi connectivity index (χ0) is 10.6. The Hall–Kier alpha value is -1.02. The van der Waals surface area contributed by atoms with Crippen LogP contribution in [0.3, 0.4) is 0 Å². The van der Waals surface area contributed by atoms with Gasteiger partial charge in [0.15, 0.2) is 0 Å². The second-order valence-electron chi connectivity index (χ2n) is 3.07. The van der Waals surface area contributed by atoms with Crippen LogP contribution in [0.1, 0.15) is 24.5 Å². The molecule has 0 spiro atoms. The van der Waals surface area contributed by atoms with Gasteiger partial charge >= 0.3 is 5.97 Å². The molecule has 0 N–H and O–H groups in total. The molecule has 76 valence electrons. The molecule has 0 aliphatic rings. The number of halogens is 1. The van der Waals surface area contributed by atoms with Crippen molar-refractivity contribution < 1.29 is 9.53 Å². The first-order valence-electron chi connectivity index (χ1n) is 4.53. The summed E-state index contributed by atoms with van der Waals surface area (Å²) in [7, 11) is 0. The molecule has 0 bridgehead atoms. The molecule has 3 heteroatoms. The molecular weight excluding hydrogens is 200 g/mol. The highest BCUT2D eigenvalue weighted by molar-refractivity contribution is 6.17. The van der Waals surface area contributed by atoms with Gasteiger partial charge in [0.05, 0.1) is 5.88 Å². The Bertz CT molecular complexity index is 334. The van der Waals surface area contributed by atoms with Crippen molar-refractivity contribution in [2.24, 2.45) is 0 Å². The van der Waals surface area contributed by atoms with Crippen LogP contribution in [-0.4, -0.2) is 5.97 Å². The Morgan fingerprint density at radius 2 is 2.21 bits per heavy atom. The Labute approximate surface area is 88.8 Å². The van der Waals surface area contributed by atoms with Crippen LogP contribution in [0, 0.1) is 6.92 Å². The Morgan fingerprint density at radius 1 is 1.50 bits per heavy atom. The molecule has 0 aliphatic carbocycles. The van der Waals surface area contributed by atoms with Gasteiger partial charge in [0.1, 0.15) is 5.75 Å². The quantitative estimate of drug-likeness (QED) is 0.437. The van der Waals surface area contributed by atoms with Gasteiger partial charge in [-0.15, -0.1) is 11.6 Å².